The van der Waals surface area contributed by atoms with Crippen LogP contribution in [-0.2, 0) is 0 Å². The maximum atomic E-state index is 9.77. The van der Waals surface area contributed by atoms with Gasteiger partial charge in [0.15, 0.2) is 34.5 Å². The molecular formula is C30H36N4O6. The number of aliphatic imine (C=N–C) groups is 3. The summed E-state index contributed by atoms with van der Waals surface area (Å²) in [5.74, 6) is 1.46. The van der Waals surface area contributed by atoms with E-state index < -0.39 is 0 Å². The summed E-state index contributed by atoms with van der Waals surface area (Å²) in [4.78, 5) is 15.8. The zero-order valence-corrected chi connectivity index (χ0v) is 23.0. The molecule has 3 aromatic carbocycles. The fourth-order valence-corrected chi connectivity index (χ4v) is 3.77. The van der Waals surface area contributed by atoms with E-state index in [1.807, 2.05) is 0 Å². The molecule has 3 N–H and O–H groups in total. The Balaban J connectivity index is 1.58. The van der Waals surface area contributed by atoms with Crippen molar-refractivity contribution < 1.29 is 29.5 Å². The third-order valence-corrected chi connectivity index (χ3v) is 5.97. The van der Waals surface area contributed by atoms with Crippen LogP contribution in [0.25, 0.3) is 0 Å². The first-order valence-electron chi connectivity index (χ1n) is 12.8. The van der Waals surface area contributed by atoms with Crippen LogP contribution in [0.3, 0.4) is 0 Å². The number of nitrogens with zero attached hydrogens (tertiary/aromatic N) is 4. The molecule has 0 aromatic heterocycles. The maximum Gasteiger partial charge on any atom is 0.161 e. The van der Waals surface area contributed by atoms with E-state index in [-0.39, 0.29) is 17.2 Å². The van der Waals surface area contributed by atoms with Crippen LogP contribution in [0.2, 0.25) is 0 Å². The molecule has 0 unspecified atom stereocenters. The third-order valence-electron chi connectivity index (χ3n) is 5.97. The van der Waals surface area contributed by atoms with Crippen LogP contribution in [-0.4, -0.2) is 99.5 Å². The van der Waals surface area contributed by atoms with Crippen molar-refractivity contribution in [2.24, 2.45) is 15.0 Å². The van der Waals surface area contributed by atoms with E-state index in [0.717, 1.165) is 16.7 Å². The van der Waals surface area contributed by atoms with Crippen molar-refractivity contribution in [1.29, 1.82) is 0 Å². The van der Waals surface area contributed by atoms with Crippen molar-refractivity contribution in [2.45, 2.75) is 0 Å². The SMILES string of the molecule is COc1cc(C=NCCN(CCN=Cc2ccc(O)c(OC)c2)CCN=Cc2ccc(O)c(OC)c2)ccc1O. The number of hydrogen-bond acceptors (Lipinski definition) is 10. The first-order chi connectivity index (χ1) is 19.4. The summed E-state index contributed by atoms with van der Waals surface area (Å²) in [6.07, 6.45) is 5.27. The molecule has 0 aliphatic heterocycles. The van der Waals surface area contributed by atoms with Crippen LogP contribution >= 0.6 is 0 Å². The number of methoxy groups -OCH3 is 3. The van der Waals surface area contributed by atoms with Crippen molar-refractivity contribution in [3.05, 3.63) is 71.3 Å². The molecule has 0 aliphatic carbocycles. The molecule has 0 radical (unpaired) electrons. The van der Waals surface area contributed by atoms with Gasteiger partial charge in [0.2, 0.25) is 0 Å². The average molecular weight is 549 g/mol. The lowest BCUT2D eigenvalue weighted by Crippen LogP contribution is -2.31. The number of rotatable bonds is 15. The highest BCUT2D eigenvalue weighted by Gasteiger charge is 2.06. The Morgan fingerprint density at radius 2 is 0.850 bits per heavy atom. The Kier molecular flexibility index (Phi) is 11.8. The van der Waals surface area contributed by atoms with Gasteiger partial charge in [0.25, 0.3) is 0 Å². The lowest BCUT2D eigenvalue weighted by Gasteiger charge is -2.19. The molecular weight excluding hydrogens is 512 g/mol. The molecule has 0 heterocycles. The Bertz CT molecular complexity index is 1170. The van der Waals surface area contributed by atoms with Crippen molar-refractivity contribution in [2.75, 3.05) is 60.6 Å². The van der Waals surface area contributed by atoms with E-state index in [9.17, 15) is 15.3 Å². The molecule has 3 rings (SSSR count). The van der Waals surface area contributed by atoms with Crippen LogP contribution in [0.15, 0.2) is 69.6 Å². The fraction of sp³-hybridized carbons (Fsp3) is 0.300. The molecule has 10 nitrogen and oxygen atoms in total. The average Bonchev–Trinajstić information content (AvgIpc) is 2.97. The van der Waals surface area contributed by atoms with Crippen molar-refractivity contribution in [3.8, 4) is 34.5 Å². The molecule has 0 aliphatic rings. The van der Waals surface area contributed by atoms with E-state index in [1.165, 1.54) is 21.3 Å². The smallest absolute Gasteiger partial charge is 0.161 e. The second-order valence-electron chi connectivity index (χ2n) is 8.74. The van der Waals surface area contributed by atoms with Gasteiger partial charge in [-0.3, -0.25) is 19.9 Å². The molecule has 40 heavy (non-hydrogen) atoms. The number of phenols is 3. The summed E-state index contributed by atoms with van der Waals surface area (Å²) >= 11 is 0. The van der Waals surface area contributed by atoms with Gasteiger partial charge in [-0.25, -0.2) is 0 Å². The molecule has 0 saturated heterocycles. The second-order valence-corrected chi connectivity index (χ2v) is 8.74. The minimum atomic E-state index is 0.0865. The lowest BCUT2D eigenvalue weighted by molar-refractivity contribution is 0.298. The highest BCUT2D eigenvalue weighted by molar-refractivity contribution is 5.82. The first kappa shape index (κ1) is 30.0. The molecule has 0 saturated carbocycles. The van der Waals surface area contributed by atoms with Gasteiger partial charge in [0.05, 0.1) is 41.0 Å². The maximum absolute atomic E-state index is 9.77. The largest absolute Gasteiger partial charge is 0.504 e. The van der Waals surface area contributed by atoms with Crippen molar-refractivity contribution in [3.63, 3.8) is 0 Å². The fourth-order valence-electron chi connectivity index (χ4n) is 3.77. The topological polar surface area (TPSA) is 129 Å². The lowest BCUT2D eigenvalue weighted by atomic mass is 10.2. The van der Waals surface area contributed by atoms with Gasteiger partial charge in [0, 0.05) is 38.3 Å². The van der Waals surface area contributed by atoms with Crippen molar-refractivity contribution in [1.82, 2.24) is 4.90 Å². The molecule has 3 aromatic rings. The highest BCUT2D eigenvalue weighted by Crippen LogP contribution is 2.27. The summed E-state index contributed by atoms with van der Waals surface area (Å²) in [6.45, 7) is 3.83. The van der Waals surface area contributed by atoms with Crippen LogP contribution in [0.4, 0.5) is 0 Å². The Hall–Kier alpha value is -4.57. The van der Waals surface area contributed by atoms with Gasteiger partial charge >= 0.3 is 0 Å². The van der Waals surface area contributed by atoms with E-state index in [0.29, 0.717) is 56.5 Å². The van der Waals surface area contributed by atoms with Gasteiger partial charge in [-0.1, -0.05) is 0 Å². The Labute approximate surface area is 234 Å². The number of ether oxygens (including phenoxy) is 3. The molecule has 10 heteroatoms. The van der Waals surface area contributed by atoms with Crippen LogP contribution < -0.4 is 14.2 Å². The minimum Gasteiger partial charge on any atom is -0.504 e. The molecule has 212 valence electrons. The van der Waals surface area contributed by atoms with Crippen molar-refractivity contribution >= 4 is 18.6 Å². The van der Waals surface area contributed by atoms with Gasteiger partial charge in [-0.2, -0.15) is 0 Å². The highest BCUT2D eigenvalue weighted by atomic mass is 16.5. The monoisotopic (exact) mass is 548 g/mol. The molecule has 0 fully saturated rings. The predicted octanol–water partition coefficient (Wildman–Crippen LogP) is 3.79. The van der Waals surface area contributed by atoms with Gasteiger partial charge in [-0.15, -0.1) is 0 Å². The second kappa shape index (κ2) is 15.7. The summed E-state index contributed by atoms with van der Waals surface area (Å²) in [7, 11) is 4.53. The van der Waals surface area contributed by atoms with E-state index in [1.54, 1.807) is 73.2 Å². The molecule has 0 bridgehead atoms. The van der Waals surface area contributed by atoms with Crippen LogP contribution in [0, 0.1) is 0 Å². The summed E-state index contributed by atoms with van der Waals surface area (Å²) in [5, 5.41) is 29.3. The van der Waals surface area contributed by atoms with Crippen LogP contribution in [0.1, 0.15) is 16.7 Å². The number of hydrogen-bond donors (Lipinski definition) is 3. The minimum absolute atomic E-state index is 0.0865. The third kappa shape index (κ3) is 9.32. The van der Waals surface area contributed by atoms with Gasteiger partial charge < -0.3 is 29.5 Å². The Morgan fingerprint density at radius 3 is 1.12 bits per heavy atom. The van der Waals surface area contributed by atoms with E-state index in [2.05, 4.69) is 19.9 Å². The quantitative estimate of drug-likeness (QED) is 0.247. The summed E-state index contributed by atoms with van der Waals surface area (Å²) in [5.41, 5.74) is 2.51. The Morgan fingerprint density at radius 1 is 0.550 bits per heavy atom. The molecule has 0 atom stereocenters. The van der Waals surface area contributed by atoms with Crippen LogP contribution in [0.5, 0.6) is 34.5 Å². The summed E-state index contributed by atoms with van der Waals surface area (Å²) < 4.78 is 15.5. The van der Waals surface area contributed by atoms with E-state index in [4.69, 9.17) is 14.2 Å². The van der Waals surface area contributed by atoms with E-state index >= 15 is 0 Å². The molecule has 0 amide bonds. The zero-order valence-electron chi connectivity index (χ0n) is 23.0. The molecule has 0 spiro atoms. The van der Waals surface area contributed by atoms with Gasteiger partial charge in [0.1, 0.15) is 0 Å². The van der Waals surface area contributed by atoms with Gasteiger partial charge in [-0.05, 0) is 71.3 Å². The summed E-state index contributed by atoms with van der Waals surface area (Å²) in [6, 6.07) is 15.3. The standard InChI is InChI=1S/C30H36N4O6/c1-38-28-16-22(4-7-25(28)35)19-31-10-13-34(14-11-32-20-23-5-8-26(36)29(17-23)39-2)15-12-33-21-24-6-9-27(37)30(18-24)40-3/h4-9,16-21,35-37H,10-15H2,1-3H3. The number of aromatic hydroxyl groups is 3. The normalized spacial score (nSPS) is 11.7. The number of benzene rings is 3. The first-order valence-corrected chi connectivity index (χ1v) is 12.8. The zero-order chi connectivity index (χ0) is 28.7. The number of phenolic OH excluding ortho intramolecular Hbond substituents is 3. The predicted molar refractivity (Wildman–Crippen MR) is 158 cm³/mol.